The van der Waals surface area contributed by atoms with Crippen LogP contribution in [0.15, 0.2) is 36.8 Å². The number of hydrogen-bond donors (Lipinski definition) is 1. The van der Waals surface area contributed by atoms with Crippen LogP contribution in [0, 0.1) is 30.6 Å². The molecule has 0 aliphatic rings. The second-order valence-electron chi connectivity index (χ2n) is 7.06. The highest BCUT2D eigenvalue weighted by atomic mass is 15.0. The van der Waals surface area contributed by atoms with Crippen molar-refractivity contribution in [3.8, 4) is 6.07 Å². The summed E-state index contributed by atoms with van der Waals surface area (Å²) in [4.78, 5) is 8.88. The molecule has 3 rings (SSSR count). The van der Waals surface area contributed by atoms with Crippen LogP contribution < -0.4 is 5.32 Å². The number of pyridine rings is 2. The molecule has 0 saturated heterocycles. The molecule has 3 aromatic rings. The topological polar surface area (TPSA) is 66.5 Å². The predicted octanol–water partition coefficient (Wildman–Crippen LogP) is 4.73. The van der Waals surface area contributed by atoms with E-state index in [1.807, 2.05) is 45.3 Å². The number of rotatable bonds is 5. The molecule has 0 aliphatic carbocycles. The van der Waals surface area contributed by atoms with Gasteiger partial charge in [0.15, 0.2) is 0 Å². The van der Waals surface area contributed by atoms with Crippen LogP contribution in [0.2, 0.25) is 0 Å². The second kappa shape index (κ2) is 6.56. The normalized spacial score (nSPS) is 11.5. The van der Waals surface area contributed by atoms with Crippen molar-refractivity contribution in [2.75, 3.05) is 5.32 Å². The van der Waals surface area contributed by atoms with Gasteiger partial charge in [-0.3, -0.25) is 4.98 Å². The number of aromatic nitrogens is 3. The molecule has 0 spiro atoms. The molecule has 0 bridgehead atoms. The lowest BCUT2D eigenvalue weighted by Gasteiger charge is -2.16. The van der Waals surface area contributed by atoms with Gasteiger partial charge in [0.25, 0.3) is 0 Å². The van der Waals surface area contributed by atoms with E-state index >= 15 is 0 Å². The summed E-state index contributed by atoms with van der Waals surface area (Å²) in [5.74, 6) is 0.829. The van der Waals surface area contributed by atoms with Gasteiger partial charge in [-0.2, -0.15) is 5.26 Å². The van der Waals surface area contributed by atoms with Gasteiger partial charge in [-0.25, -0.2) is 4.98 Å². The fraction of sp³-hybridized carbons (Fsp3) is 0.350. The van der Waals surface area contributed by atoms with E-state index in [0.29, 0.717) is 0 Å². The van der Waals surface area contributed by atoms with Crippen molar-refractivity contribution >= 4 is 22.4 Å². The van der Waals surface area contributed by atoms with Crippen molar-refractivity contribution in [3.05, 3.63) is 48.0 Å². The lowest BCUT2D eigenvalue weighted by Crippen LogP contribution is -2.11. The molecule has 0 unspecified atom stereocenters. The van der Waals surface area contributed by atoms with Gasteiger partial charge in [0, 0.05) is 30.5 Å². The van der Waals surface area contributed by atoms with Crippen molar-refractivity contribution in [1.82, 2.24) is 14.5 Å². The average Bonchev–Trinajstić information content (AvgIpc) is 3.01. The summed E-state index contributed by atoms with van der Waals surface area (Å²) < 4.78 is 2.18. The molecule has 0 saturated carbocycles. The standard InChI is InChI=1S/C20H23N5/c1-14-5-9-22-15(2)18(14)24-19-16-7-11-25(17(16)6-10-23-19)12-8-20(3,4)13-21/h5-7,9-11H,8,12H2,1-4H3,(H,23,24). The minimum atomic E-state index is -0.325. The van der Waals surface area contributed by atoms with Gasteiger partial charge in [-0.05, 0) is 57.9 Å². The van der Waals surface area contributed by atoms with Crippen LogP contribution in [0.25, 0.3) is 10.9 Å². The first kappa shape index (κ1) is 17.0. The number of nitrogens with zero attached hydrogens (tertiary/aromatic N) is 4. The first-order chi connectivity index (χ1) is 11.9. The molecule has 0 atom stereocenters. The molecule has 0 aromatic carbocycles. The molecular weight excluding hydrogens is 310 g/mol. The third-order valence-corrected chi connectivity index (χ3v) is 4.57. The summed E-state index contributed by atoms with van der Waals surface area (Å²) in [5.41, 5.74) is 3.89. The van der Waals surface area contributed by atoms with E-state index in [9.17, 15) is 5.26 Å². The van der Waals surface area contributed by atoms with Gasteiger partial charge in [0.1, 0.15) is 5.82 Å². The van der Waals surface area contributed by atoms with Gasteiger partial charge in [0.05, 0.1) is 28.4 Å². The number of hydrogen-bond acceptors (Lipinski definition) is 4. The molecule has 5 nitrogen and oxygen atoms in total. The monoisotopic (exact) mass is 333 g/mol. The number of anilines is 2. The van der Waals surface area contributed by atoms with Gasteiger partial charge in [-0.15, -0.1) is 0 Å². The maximum Gasteiger partial charge on any atom is 0.139 e. The first-order valence-electron chi connectivity index (χ1n) is 8.45. The maximum absolute atomic E-state index is 9.21. The molecule has 0 aliphatic heterocycles. The number of fused-ring (bicyclic) bond motifs is 1. The largest absolute Gasteiger partial charge is 0.347 e. The molecule has 3 aromatic heterocycles. The van der Waals surface area contributed by atoms with Crippen molar-refractivity contribution < 1.29 is 0 Å². The summed E-state index contributed by atoms with van der Waals surface area (Å²) in [6.45, 7) is 8.80. The van der Waals surface area contributed by atoms with Crippen LogP contribution >= 0.6 is 0 Å². The van der Waals surface area contributed by atoms with Gasteiger partial charge < -0.3 is 9.88 Å². The summed E-state index contributed by atoms with van der Waals surface area (Å²) in [6.07, 6.45) is 6.50. The van der Waals surface area contributed by atoms with E-state index < -0.39 is 0 Å². The Morgan fingerprint density at radius 1 is 1.16 bits per heavy atom. The van der Waals surface area contributed by atoms with E-state index in [-0.39, 0.29) is 5.41 Å². The summed E-state index contributed by atoms with van der Waals surface area (Å²) in [6, 6.07) is 8.45. The minimum Gasteiger partial charge on any atom is -0.347 e. The van der Waals surface area contributed by atoms with E-state index in [4.69, 9.17) is 0 Å². The third kappa shape index (κ3) is 3.48. The van der Waals surface area contributed by atoms with Crippen LogP contribution in [-0.4, -0.2) is 14.5 Å². The van der Waals surface area contributed by atoms with Crippen molar-refractivity contribution in [1.29, 1.82) is 5.26 Å². The van der Waals surface area contributed by atoms with Gasteiger partial charge >= 0.3 is 0 Å². The zero-order valence-electron chi connectivity index (χ0n) is 15.2. The molecule has 5 heteroatoms. The Hall–Kier alpha value is -2.87. The number of nitrogens with one attached hydrogen (secondary N) is 1. The fourth-order valence-electron chi connectivity index (χ4n) is 2.87. The molecule has 1 N–H and O–H groups in total. The van der Waals surface area contributed by atoms with Crippen LogP contribution in [0.4, 0.5) is 11.5 Å². The highest BCUT2D eigenvalue weighted by Gasteiger charge is 2.17. The molecule has 0 amide bonds. The van der Waals surface area contributed by atoms with E-state index in [0.717, 1.165) is 46.6 Å². The Kier molecular flexibility index (Phi) is 4.45. The molecular formula is C20H23N5. The second-order valence-corrected chi connectivity index (χ2v) is 7.06. The van der Waals surface area contributed by atoms with Crippen LogP contribution in [-0.2, 0) is 6.54 Å². The Morgan fingerprint density at radius 2 is 1.92 bits per heavy atom. The fourth-order valence-corrected chi connectivity index (χ4v) is 2.87. The van der Waals surface area contributed by atoms with E-state index in [2.05, 4.69) is 45.1 Å². The quantitative estimate of drug-likeness (QED) is 0.733. The van der Waals surface area contributed by atoms with Crippen LogP contribution in [0.5, 0.6) is 0 Å². The maximum atomic E-state index is 9.21. The van der Waals surface area contributed by atoms with Crippen molar-refractivity contribution in [2.45, 2.75) is 40.7 Å². The zero-order valence-corrected chi connectivity index (χ0v) is 15.2. The average molecular weight is 333 g/mol. The lowest BCUT2D eigenvalue weighted by molar-refractivity contribution is 0.417. The zero-order chi connectivity index (χ0) is 18.0. The van der Waals surface area contributed by atoms with Crippen LogP contribution in [0.3, 0.4) is 0 Å². The van der Waals surface area contributed by atoms with Gasteiger partial charge in [0.2, 0.25) is 0 Å². The molecule has 0 fully saturated rings. The Morgan fingerprint density at radius 3 is 2.64 bits per heavy atom. The van der Waals surface area contributed by atoms with E-state index in [1.54, 1.807) is 0 Å². The Labute approximate surface area is 148 Å². The molecule has 0 radical (unpaired) electrons. The third-order valence-electron chi connectivity index (χ3n) is 4.57. The highest BCUT2D eigenvalue weighted by Crippen LogP contribution is 2.29. The summed E-state index contributed by atoms with van der Waals surface area (Å²) in [5, 5.41) is 13.7. The number of nitriles is 1. The van der Waals surface area contributed by atoms with E-state index in [1.165, 1.54) is 0 Å². The smallest absolute Gasteiger partial charge is 0.139 e. The summed E-state index contributed by atoms with van der Waals surface area (Å²) in [7, 11) is 0. The van der Waals surface area contributed by atoms with Crippen molar-refractivity contribution in [2.24, 2.45) is 5.41 Å². The highest BCUT2D eigenvalue weighted by molar-refractivity contribution is 5.92. The van der Waals surface area contributed by atoms with Gasteiger partial charge in [-0.1, -0.05) is 0 Å². The lowest BCUT2D eigenvalue weighted by atomic mass is 9.91. The SMILES string of the molecule is Cc1ccnc(C)c1Nc1nccc2c1ccn2CCC(C)(C)C#N. The van der Waals surface area contributed by atoms with Crippen LogP contribution in [0.1, 0.15) is 31.5 Å². The minimum absolute atomic E-state index is 0.325. The number of aryl methyl sites for hydroxylation is 3. The molecule has 25 heavy (non-hydrogen) atoms. The predicted molar refractivity (Wildman–Crippen MR) is 101 cm³/mol. The summed E-state index contributed by atoms with van der Waals surface area (Å²) >= 11 is 0. The first-order valence-corrected chi connectivity index (χ1v) is 8.45. The Balaban J connectivity index is 1.93. The Bertz CT molecular complexity index is 926. The van der Waals surface area contributed by atoms with Crippen molar-refractivity contribution in [3.63, 3.8) is 0 Å². The molecule has 128 valence electrons. The molecule has 3 heterocycles.